The van der Waals surface area contributed by atoms with Crippen molar-refractivity contribution < 1.29 is 42.1 Å². The maximum atomic E-state index is 12.7. The van der Waals surface area contributed by atoms with E-state index in [2.05, 4.69) is 38.2 Å². The largest absolute Gasteiger partial charge is 0.472 e. The van der Waals surface area contributed by atoms with Gasteiger partial charge in [0.1, 0.15) is 19.8 Å². The number of likely N-dealkylation sites (N-methyl/N-ethyl adjacent to an activating group) is 1. The van der Waals surface area contributed by atoms with E-state index in [1.807, 2.05) is 21.1 Å². The van der Waals surface area contributed by atoms with Gasteiger partial charge < -0.3 is 18.9 Å². The minimum Gasteiger partial charge on any atom is -0.462 e. The van der Waals surface area contributed by atoms with Crippen molar-refractivity contribution in [2.24, 2.45) is 0 Å². The van der Waals surface area contributed by atoms with Gasteiger partial charge in [0.05, 0.1) is 27.7 Å². The van der Waals surface area contributed by atoms with E-state index in [1.54, 1.807) is 0 Å². The lowest BCUT2D eigenvalue weighted by Gasteiger charge is -2.24. The molecule has 0 saturated carbocycles. The van der Waals surface area contributed by atoms with E-state index in [0.717, 1.165) is 51.4 Å². The molecule has 60 heavy (non-hydrogen) atoms. The van der Waals surface area contributed by atoms with Crippen LogP contribution in [0.15, 0.2) is 24.3 Å². The highest BCUT2D eigenvalue weighted by atomic mass is 31.2. The van der Waals surface area contributed by atoms with E-state index < -0.39 is 26.5 Å². The van der Waals surface area contributed by atoms with E-state index >= 15 is 0 Å². The number of rotatable bonds is 46. The molecule has 0 aromatic carbocycles. The molecule has 2 atom stereocenters. The van der Waals surface area contributed by atoms with Gasteiger partial charge in [0.2, 0.25) is 0 Å². The highest BCUT2D eigenvalue weighted by Gasteiger charge is 2.27. The van der Waals surface area contributed by atoms with E-state index in [4.69, 9.17) is 18.5 Å². The van der Waals surface area contributed by atoms with Crippen LogP contribution in [0.5, 0.6) is 0 Å². The summed E-state index contributed by atoms with van der Waals surface area (Å²) in [6, 6.07) is 0. The molecule has 1 unspecified atom stereocenters. The fraction of sp³-hybridized carbons (Fsp3) is 0.880. The third kappa shape index (κ3) is 46.0. The second-order valence-electron chi connectivity index (χ2n) is 18.2. The molecule has 0 aliphatic carbocycles. The molecule has 10 heteroatoms. The minimum atomic E-state index is -4.38. The first-order valence-electron chi connectivity index (χ1n) is 25.1. The Morgan fingerprint density at radius 2 is 0.850 bits per heavy atom. The molecule has 0 aliphatic heterocycles. The average molecular weight is 871 g/mol. The van der Waals surface area contributed by atoms with Gasteiger partial charge in [0.25, 0.3) is 0 Å². The number of hydrogen-bond acceptors (Lipinski definition) is 7. The molecule has 0 spiro atoms. The maximum absolute atomic E-state index is 12.7. The number of carbonyl (C=O) groups is 2. The summed E-state index contributed by atoms with van der Waals surface area (Å²) in [4.78, 5) is 35.5. The molecule has 0 aromatic heterocycles. The quantitative estimate of drug-likeness (QED) is 0.0212. The summed E-state index contributed by atoms with van der Waals surface area (Å²) in [5, 5.41) is 0. The third-order valence-electron chi connectivity index (χ3n) is 11.0. The van der Waals surface area contributed by atoms with Gasteiger partial charge in [-0.1, -0.05) is 179 Å². The van der Waals surface area contributed by atoms with E-state index in [1.165, 1.54) is 148 Å². The van der Waals surface area contributed by atoms with Crippen LogP contribution >= 0.6 is 7.82 Å². The Hall–Kier alpha value is -1.51. The zero-order valence-electron chi connectivity index (χ0n) is 40.0. The lowest BCUT2D eigenvalue weighted by molar-refractivity contribution is -0.870. The van der Waals surface area contributed by atoms with Gasteiger partial charge in [0, 0.05) is 12.8 Å². The smallest absolute Gasteiger partial charge is 0.462 e. The topological polar surface area (TPSA) is 108 Å². The van der Waals surface area contributed by atoms with Gasteiger partial charge in [-0.25, -0.2) is 4.57 Å². The second kappa shape index (κ2) is 42.8. The van der Waals surface area contributed by atoms with Crippen molar-refractivity contribution >= 4 is 19.8 Å². The Kier molecular flexibility index (Phi) is 41.7. The molecule has 1 N–H and O–H groups in total. The fourth-order valence-corrected chi connectivity index (χ4v) is 7.75. The van der Waals surface area contributed by atoms with Crippen LogP contribution in [0.4, 0.5) is 0 Å². The molecule has 0 aromatic rings. The number of nitrogens with zero attached hydrogens (tertiary/aromatic N) is 1. The van der Waals surface area contributed by atoms with Crippen LogP contribution in [0.1, 0.15) is 232 Å². The minimum absolute atomic E-state index is 0.0316. The lowest BCUT2D eigenvalue weighted by Crippen LogP contribution is -2.37. The predicted molar refractivity (Wildman–Crippen MR) is 252 cm³/mol. The normalized spacial score (nSPS) is 13.6. The zero-order valence-corrected chi connectivity index (χ0v) is 40.9. The predicted octanol–water partition coefficient (Wildman–Crippen LogP) is 14.7. The monoisotopic (exact) mass is 871 g/mol. The SMILES string of the molecule is CCCCCCCC/C=C/CCCCCCCCCCCCCC(=O)OC[C@@H](COP(=O)(O)OCC[N+](C)(C)C)OC(=O)CCCCCCC/C=C/CCCCCCCC. The van der Waals surface area contributed by atoms with Gasteiger partial charge >= 0.3 is 19.8 Å². The number of carbonyl (C=O) groups excluding carboxylic acids is 2. The van der Waals surface area contributed by atoms with Crippen molar-refractivity contribution in [3.8, 4) is 0 Å². The van der Waals surface area contributed by atoms with Gasteiger partial charge in [-0.2, -0.15) is 0 Å². The molecule has 0 aliphatic rings. The standard InChI is InChI=1S/C50H96NO8P/c1-6-8-10-12-14-16-18-20-22-23-24-25-26-27-29-30-32-34-36-38-40-42-49(52)56-46-48(47-58-60(54,55)57-45-44-51(3,4)5)59-50(53)43-41-39-37-35-33-31-28-21-19-17-15-13-11-9-7-2/h20-22,28,48H,6-19,23-27,29-47H2,1-5H3/p+1/b22-20+,28-21+/t48-/m0/s1. The van der Waals surface area contributed by atoms with Gasteiger partial charge in [-0.3, -0.25) is 18.6 Å². The van der Waals surface area contributed by atoms with Gasteiger partial charge in [0.15, 0.2) is 6.10 Å². The Bertz CT molecular complexity index is 1070. The third-order valence-corrected chi connectivity index (χ3v) is 11.9. The molecule has 0 rings (SSSR count). The highest BCUT2D eigenvalue weighted by Crippen LogP contribution is 2.43. The molecule has 0 radical (unpaired) electrons. The summed E-state index contributed by atoms with van der Waals surface area (Å²) in [5.41, 5.74) is 0. The summed E-state index contributed by atoms with van der Waals surface area (Å²) in [5.74, 6) is -0.800. The highest BCUT2D eigenvalue weighted by molar-refractivity contribution is 7.47. The zero-order chi connectivity index (χ0) is 44.3. The van der Waals surface area contributed by atoms with E-state index in [-0.39, 0.29) is 32.0 Å². The van der Waals surface area contributed by atoms with E-state index in [9.17, 15) is 19.0 Å². The molecular formula is C50H97NO8P+. The van der Waals surface area contributed by atoms with Crippen LogP contribution in [0.3, 0.4) is 0 Å². The van der Waals surface area contributed by atoms with Crippen molar-refractivity contribution in [2.75, 3.05) is 47.5 Å². The molecule has 9 nitrogen and oxygen atoms in total. The molecule has 0 fully saturated rings. The Morgan fingerprint density at radius 1 is 0.500 bits per heavy atom. The summed E-state index contributed by atoms with van der Waals surface area (Å²) in [6.07, 6.45) is 48.0. The first-order valence-corrected chi connectivity index (χ1v) is 26.6. The van der Waals surface area contributed by atoms with Crippen molar-refractivity contribution in [3.05, 3.63) is 24.3 Å². The number of hydrogen-bond donors (Lipinski definition) is 1. The van der Waals surface area contributed by atoms with Crippen molar-refractivity contribution in [2.45, 2.75) is 238 Å². The molecular weight excluding hydrogens is 774 g/mol. The number of allylic oxidation sites excluding steroid dienone is 4. The Morgan fingerprint density at radius 3 is 1.23 bits per heavy atom. The summed E-state index contributed by atoms with van der Waals surface area (Å²) >= 11 is 0. The summed E-state index contributed by atoms with van der Waals surface area (Å²) < 4.78 is 34.4. The second-order valence-corrected chi connectivity index (χ2v) is 19.6. The number of ether oxygens (including phenoxy) is 2. The fourth-order valence-electron chi connectivity index (χ4n) is 7.00. The molecule has 0 bridgehead atoms. The summed E-state index contributed by atoms with van der Waals surface area (Å²) in [7, 11) is 1.48. The first-order chi connectivity index (χ1) is 29.0. The van der Waals surface area contributed by atoms with Gasteiger partial charge in [-0.15, -0.1) is 0 Å². The number of phosphoric ester groups is 1. The number of unbranched alkanes of at least 4 members (excludes halogenated alkanes) is 28. The van der Waals surface area contributed by atoms with Crippen LogP contribution in [0.2, 0.25) is 0 Å². The van der Waals surface area contributed by atoms with Crippen molar-refractivity contribution in [1.29, 1.82) is 0 Å². The van der Waals surface area contributed by atoms with Gasteiger partial charge in [-0.05, 0) is 64.2 Å². The summed E-state index contributed by atoms with van der Waals surface area (Å²) in [6.45, 7) is 4.43. The van der Waals surface area contributed by atoms with Crippen molar-refractivity contribution in [3.63, 3.8) is 0 Å². The van der Waals surface area contributed by atoms with Crippen LogP contribution < -0.4 is 0 Å². The number of esters is 2. The average Bonchev–Trinajstić information content (AvgIpc) is 3.20. The number of quaternary nitrogens is 1. The lowest BCUT2D eigenvalue weighted by atomic mass is 10.0. The maximum Gasteiger partial charge on any atom is 0.472 e. The van der Waals surface area contributed by atoms with Crippen LogP contribution in [-0.4, -0.2) is 74.9 Å². The van der Waals surface area contributed by atoms with Crippen molar-refractivity contribution in [1.82, 2.24) is 0 Å². The Labute approximate surface area is 370 Å². The number of phosphoric acid groups is 1. The molecule has 0 heterocycles. The molecule has 354 valence electrons. The molecule has 0 amide bonds. The first kappa shape index (κ1) is 58.5. The Balaban J connectivity index is 4.23. The van der Waals surface area contributed by atoms with Crippen LogP contribution in [0.25, 0.3) is 0 Å². The molecule has 0 saturated heterocycles. The van der Waals surface area contributed by atoms with Crippen LogP contribution in [-0.2, 0) is 32.7 Å². The van der Waals surface area contributed by atoms with E-state index in [0.29, 0.717) is 17.4 Å². The van der Waals surface area contributed by atoms with Crippen LogP contribution in [0, 0.1) is 0 Å².